The Morgan fingerprint density at radius 1 is 1.31 bits per heavy atom. The summed E-state index contributed by atoms with van der Waals surface area (Å²) in [4.78, 5) is 18.9. The summed E-state index contributed by atoms with van der Waals surface area (Å²) < 4.78 is 18.5. The second-order valence-corrected chi connectivity index (χ2v) is 5.55. The first kappa shape index (κ1) is 17.8. The van der Waals surface area contributed by atoms with E-state index in [0.29, 0.717) is 16.6 Å². The minimum Gasteiger partial charge on any atom is -0.484 e. The lowest BCUT2D eigenvalue weighted by Gasteiger charge is -2.11. The topological polar surface area (TPSA) is 110 Å². The van der Waals surface area contributed by atoms with Crippen molar-refractivity contribution >= 4 is 39.7 Å². The molecule has 26 heavy (non-hydrogen) atoms. The number of hydrogen-bond donors (Lipinski definition) is 2. The Morgan fingerprint density at radius 2 is 2.12 bits per heavy atom. The number of hydrogen-bond acceptors (Lipinski definition) is 7. The Bertz CT molecular complexity index is 986. The van der Waals surface area contributed by atoms with E-state index in [2.05, 4.69) is 15.3 Å². The first-order valence-corrected chi connectivity index (χ1v) is 7.76. The monoisotopic (exact) mass is 378 g/mol. The molecule has 10 heteroatoms. The molecule has 0 aliphatic rings. The fourth-order valence-electron chi connectivity index (χ4n) is 2.30. The van der Waals surface area contributed by atoms with Gasteiger partial charge in [-0.3, -0.25) is 10.1 Å². The van der Waals surface area contributed by atoms with Crippen LogP contribution < -0.4 is 10.1 Å². The van der Waals surface area contributed by atoms with Gasteiger partial charge >= 0.3 is 5.69 Å². The molecule has 0 spiro atoms. The number of halogens is 2. The van der Waals surface area contributed by atoms with E-state index in [1.807, 2.05) is 0 Å². The zero-order chi connectivity index (χ0) is 18.7. The van der Waals surface area contributed by atoms with Gasteiger partial charge in [-0.25, -0.2) is 14.4 Å². The van der Waals surface area contributed by atoms with Gasteiger partial charge < -0.3 is 15.2 Å². The zero-order valence-electron chi connectivity index (χ0n) is 13.1. The quantitative estimate of drug-likeness (QED) is 0.499. The standard InChI is InChI=1S/C16H12ClFN4O4/c17-11-5-9(1-2-12(11)18)21-16-10-6-14(22(24)25)15(26-4-3-23)7-13(10)19-8-20-16/h1-2,5-8,23H,3-4H2,(H,19,20,21). The summed E-state index contributed by atoms with van der Waals surface area (Å²) >= 11 is 5.76. The molecular weight excluding hydrogens is 367 g/mol. The molecule has 1 aromatic heterocycles. The van der Waals surface area contributed by atoms with Crippen molar-refractivity contribution in [3.63, 3.8) is 0 Å². The predicted octanol–water partition coefficient (Wildman–Crippen LogP) is 3.45. The molecular formula is C16H12ClFN4O4. The van der Waals surface area contributed by atoms with Crippen LogP contribution >= 0.6 is 11.6 Å². The van der Waals surface area contributed by atoms with Gasteiger partial charge in [-0.05, 0) is 18.2 Å². The van der Waals surface area contributed by atoms with Crippen LogP contribution in [0.5, 0.6) is 5.75 Å². The largest absolute Gasteiger partial charge is 0.484 e. The van der Waals surface area contributed by atoms with E-state index in [1.54, 1.807) is 0 Å². The number of rotatable bonds is 6. The van der Waals surface area contributed by atoms with E-state index in [1.165, 1.54) is 36.7 Å². The summed E-state index contributed by atoms with van der Waals surface area (Å²) in [5, 5.41) is 23.4. The van der Waals surface area contributed by atoms with E-state index in [-0.39, 0.29) is 35.5 Å². The second-order valence-electron chi connectivity index (χ2n) is 5.14. The van der Waals surface area contributed by atoms with Crippen molar-refractivity contribution < 1.29 is 19.2 Å². The first-order chi connectivity index (χ1) is 12.5. The SMILES string of the molecule is O=[N+]([O-])c1cc2c(Nc3ccc(F)c(Cl)c3)ncnc2cc1OCCO. The summed E-state index contributed by atoms with van der Waals surface area (Å²) in [6.07, 6.45) is 1.28. The van der Waals surface area contributed by atoms with Gasteiger partial charge in [-0.15, -0.1) is 0 Å². The number of anilines is 2. The molecule has 2 aromatic carbocycles. The summed E-state index contributed by atoms with van der Waals surface area (Å²) in [6.45, 7) is -0.367. The van der Waals surface area contributed by atoms with Gasteiger partial charge in [0.05, 0.1) is 27.5 Å². The fraction of sp³-hybridized carbons (Fsp3) is 0.125. The predicted molar refractivity (Wildman–Crippen MR) is 93.5 cm³/mol. The number of nitrogens with one attached hydrogen (secondary N) is 1. The number of nitro benzene ring substituents is 1. The molecule has 2 N–H and O–H groups in total. The van der Waals surface area contributed by atoms with Gasteiger partial charge in [-0.1, -0.05) is 11.6 Å². The van der Waals surface area contributed by atoms with Gasteiger partial charge in [-0.2, -0.15) is 0 Å². The highest BCUT2D eigenvalue weighted by Gasteiger charge is 2.19. The lowest BCUT2D eigenvalue weighted by atomic mass is 10.2. The zero-order valence-corrected chi connectivity index (χ0v) is 13.9. The first-order valence-electron chi connectivity index (χ1n) is 7.38. The number of aromatic nitrogens is 2. The van der Waals surface area contributed by atoms with Crippen LogP contribution in [0.4, 0.5) is 21.6 Å². The smallest absolute Gasteiger partial charge is 0.311 e. The van der Waals surface area contributed by atoms with Gasteiger partial charge in [0, 0.05) is 17.8 Å². The maximum atomic E-state index is 13.3. The third-order valence-electron chi connectivity index (χ3n) is 3.44. The van der Waals surface area contributed by atoms with Crippen LogP contribution in [0.15, 0.2) is 36.7 Å². The molecule has 0 atom stereocenters. The average Bonchev–Trinajstić information content (AvgIpc) is 2.62. The minimum atomic E-state index is -0.600. The van der Waals surface area contributed by atoms with Crippen LogP contribution in [0, 0.1) is 15.9 Å². The van der Waals surface area contributed by atoms with Crippen LogP contribution in [0.3, 0.4) is 0 Å². The Kier molecular flexibility index (Phi) is 5.10. The normalized spacial score (nSPS) is 10.7. The van der Waals surface area contributed by atoms with Crippen molar-refractivity contribution in [1.29, 1.82) is 0 Å². The Labute approximate surface area is 151 Å². The number of ether oxygens (including phenoxy) is 1. The number of aliphatic hydroxyl groups excluding tert-OH is 1. The van der Waals surface area contributed by atoms with Crippen LogP contribution in [-0.2, 0) is 0 Å². The summed E-state index contributed by atoms with van der Waals surface area (Å²) in [7, 11) is 0. The van der Waals surface area contributed by atoms with E-state index >= 15 is 0 Å². The van der Waals surface area contributed by atoms with Crippen LogP contribution in [-0.4, -0.2) is 33.2 Å². The van der Waals surface area contributed by atoms with Gasteiger partial charge in [0.1, 0.15) is 24.6 Å². The maximum Gasteiger partial charge on any atom is 0.311 e. The lowest BCUT2D eigenvalue weighted by molar-refractivity contribution is -0.385. The summed E-state index contributed by atoms with van der Waals surface area (Å²) in [5.74, 6) is -0.286. The molecule has 0 radical (unpaired) electrons. The molecule has 0 saturated carbocycles. The molecule has 1 heterocycles. The summed E-state index contributed by atoms with van der Waals surface area (Å²) in [6, 6.07) is 6.70. The number of fused-ring (bicyclic) bond motifs is 1. The van der Waals surface area contributed by atoms with E-state index in [0.717, 1.165) is 0 Å². The lowest BCUT2D eigenvalue weighted by Crippen LogP contribution is -2.05. The molecule has 0 aliphatic carbocycles. The molecule has 0 fully saturated rings. The molecule has 0 amide bonds. The van der Waals surface area contributed by atoms with Crippen molar-refractivity contribution in [2.75, 3.05) is 18.5 Å². The Hall–Kier alpha value is -3.04. The van der Waals surface area contributed by atoms with Crippen molar-refractivity contribution in [1.82, 2.24) is 9.97 Å². The summed E-state index contributed by atoms with van der Waals surface area (Å²) in [5.41, 5.74) is 0.565. The van der Waals surface area contributed by atoms with Crippen LogP contribution in [0.25, 0.3) is 10.9 Å². The average molecular weight is 379 g/mol. The molecule has 134 valence electrons. The highest BCUT2D eigenvalue weighted by Crippen LogP contribution is 2.34. The third kappa shape index (κ3) is 3.63. The number of nitro groups is 1. The molecule has 0 unspecified atom stereocenters. The van der Waals surface area contributed by atoms with Crippen molar-refractivity contribution in [2.24, 2.45) is 0 Å². The minimum absolute atomic E-state index is 0.00831. The van der Waals surface area contributed by atoms with E-state index in [9.17, 15) is 14.5 Å². The molecule has 0 saturated heterocycles. The Morgan fingerprint density at radius 3 is 2.81 bits per heavy atom. The molecule has 8 nitrogen and oxygen atoms in total. The highest BCUT2D eigenvalue weighted by molar-refractivity contribution is 6.31. The van der Waals surface area contributed by atoms with E-state index < -0.39 is 10.7 Å². The number of aliphatic hydroxyl groups is 1. The van der Waals surface area contributed by atoms with Gasteiger partial charge in [0.2, 0.25) is 0 Å². The molecule has 0 bridgehead atoms. The fourth-order valence-corrected chi connectivity index (χ4v) is 2.48. The number of benzene rings is 2. The second kappa shape index (κ2) is 7.46. The molecule has 3 rings (SSSR count). The van der Waals surface area contributed by atoms with E-state index in [4.69, 9.17) is 21.4 Å². The van der Waals surface area contributed by atoms with Crippen molar-refractivity contribution in [3.8, 4) is 5.75 Å². The van der Waals surface area contributed by atoms with Gasteiger partial charge in [0.25, 0.3) is 0 Å². The Balaban J connectivity index is 2.07. The van der Waals surface area contributed by atoms with Crippen molar-refractivity contribution in [3.05, 3.63) is 57.6 Å². The maximum absolute atomic E-state index is 13.3. The van der Waals surface area contributed by atoms with Crippen molar-refractivity contribution in [2.45, 2.75) is 0 Å². The van der Waals surface area contributed by atoms with Gasteiger partial charge in [0.15, 0.2) is 5.75 Å². The molecule has 3 aromatic rings. The number of nitrogens with zero attached hydrogens (tertiary/aromatic N) is 3. The highest BCUT2D eigenvalue weighted by atomic mass is 35.5. The molecule has 0 aliphatic heterocycles. The van der Waals surface area contributed by atoms with Crippen LogP contribution in [0.1, 0.15) is 0 Å². The third-order valence-corrected chi connectivity index (χ3v) is 3.73. The van der Waals surface area contributed by atoms with Crippen LogP contribution in [0.2, 0.25) is 5.02 Å².